The molecule has 0 bridgehead atoms. The largest absolute Gasteiger partial charge is 0.489 e. The average Bonchev–Trinajstić information content (AvgIpc) is 3.02. The first-order chi connectivity index (χ1) is 14.1. The number of carbonyl (C=O) groups excluding carboxylic acids is 2. The van der Waals surface area contributed by atoms with Gasteiger partial charge in [0.2, 0.25) is 11.4 Å². The third-order valence-corrected chi connectivity index (χ3v) is 5.14. The third-order valence-electron chi connectivity index (χ3n) is 5.14. The molecule has 30 heavy (non-hydrogen) atoms. The van der Waals surface area contributed by atoms with Crippen LogP contribution in [0.2, 0.25) is 0 Å². The van der Waals surface area contributed by atoms with Crippen LogP contribution in [0.25, 0.3) is 0 Å². The summed E-state index contributed by atoms with van der Waals surface area (Å²) in [6, 6.07) is 5.79. The lowest BCUT2D eigenvalue weighted by atomic mass is 10.0. The molecular weight excluding hydrogens is 405 g/mol. The van der Waals surface area contributed by atoms with E-state index in [0.29, 0.717) is 11.4 Å². The molecule has 2 atom stereocenters. The van der Waals surface area contributed by atoms with E-state index >= 15 is 0 Å². The lowest BCUT2D eigenvalue weighted by Gasteiger charge is -2.26. The first-order valence-electron chi connectivity index (χ1n) is 8.99. The van der Waals surface area contributed by atoms with Gasteiger partial charge in [-0.05, 0) is 19.1 Å². The van der Waals surface area contributed by atoms with Gasteiger partial charge in [-0.25, -0.2) is 9.97 Å². The number of ether oxygens (including phenoxy) is 2. The molecule has 158 valence electrons. The molecule has 0 fully saturated rings. The highest BCUT2D eigenvalue weighted by Crippen LogP contribution is 2.46. The van der Waals surface area contributed by atoms with Crippen LogP contribution < -0.4 is 15.0 Å². The maximum absolute atomic E-state index is 13.4. The van der Waals surface area contributed by atoms with Gasteiger partial charge in [-0.3, -0.25) is 9.59 Å². The van der Waals surface area contributed by atoms with Crippen molar-refractivity contribution < 1.29 is 32.2 Å². The summed E-state index contributed by atoms with van der Waals surface area (Å²) in [5, 5.41) is 2.45. The molecule has 3 heterocycles. The van der Waals surface area contributed by atoms with E-state index in [9.17, 15) is 22.8 Å². The maximum Gasteiger partial charge on any atom is 0.422 e. The van der Waals surface area contributed by atoms with E-state index in [1.165, 1.54) is 11.9 Å². The van der Waals surface area contributed by atoms with Gasteiger partial charge in [-0.1, -0.05) is 12.1 Å². The summed E-state index contributed by atoms with van der Waals surface area (Å²) < 4.78 is 50.8. The lowest BCUT2D eigenvalue weighted by molar-refractivity contribution is -0.273. The number of fused-ring (bicyclic) bond motifs is 2. The fraction of sp³-hybridized carbons (Fsp3) is 0.368. The zero-order valence-corrected chi connectivity index (χ0v) is 16.0. The van der Waals surface area contributed by atoms with Crippen LogP contribution in [0, 0.1) is 0 Å². The van der Waals surface area contributed by atoms with E-state index in [4.69, 9.17) is 9.47 Å². The number of alkyl halides is 3. The fourth-order valence-electron chi connectivity index (χ4n) is 3.32. The Morgan fingerprint density at radius 3 is 2.80 bits per heavy atom. The number of aromatic nitrogens is 2. The normalized spacial score (nSPS) is 23.3. The Morgan fingerprint density at radius 2 is 2.07 bits per heavy atom. The second-order valence-electron chi connectivity index (χ2n) is 7.09. The second-order valence-corrected chi connectivity index (χ2v) is 7.09. The molecule has 0 radical (unpaired) electrons. The van der Waals surface area contributed by atoms with Crippen LogP contribution in [0.4, 0.5) is 18.9 Å². The summed E-state index contributed by atoms with van der Waals surface area (Å²) in [5.41, 5.74) is -2.37. The maximum atomic E-state index is 13.4. The highest BCUT2D eigenvalue weighted by Gasteiger charge is 2.58. The highest BCUT2D eigenvalue weighted by molar-refractivity contribution is 6.02. The SMILES string of the molecule is CN1C(=O)[C@@H](NC(=O)c2ncc3c(n2)C(C)(C(F)(F)F)OC3)COc2ccccc21. The molecule has 2 aliphatic rings. The van der Waals surface area contributed by atoms with Crippen LogP contribution in [0.15, 0.2) is 30.5 Å². The minimum absolute atomic E-state index is 0.149. The molecule has 1 aromatic carbocycles. The number of carbonyl (C=O) groups is 2. The molecule has 0 saturated heterocycles. The van der Waals surface area contributed by atoms with Crippen LogP contribution in [-0.2, 0) is 21.7 Å². The predicted molar refractivity (Wildman–Crippen MR) is 96.8 cm³/mol. The van der Waals surface area contributed by atoms with Gasteiger partial charge in [-0.15, -0.1) is 0 Å². The van der Waals surface area contributed by atoms with Crippen molar-refractivity contribution in [2.45, 2.75) is 31.3 Å². The molecule has 1 unspecified atom stereocenters. The summed E-state index contributed by atoms with van der Waals surface area (Å²) in [7, 11) is 1.53. The quantitative estimate of drug-likeness (QED) is 0.795. The van der Waals surface area contributed by atoms with Gasteiger partial charge in [0, 0.05) is 18.8 Å². The van der Waals surface area contributed by atoms with E-state index < -0.39 is 41.2 Å². The average molecular weight is 422 g/mol. The van der Waals surface area contributed by atoms with Gasteiger partial charge in [0.25, 0.3) is 11.8 Å². The molecule has 4 rings (SSSR count). The van der Waals surface area contributed by atoms with Crippen molar-refractivity contribution in [3.8, 4) is 5.75 Å². The number of hydrogen-bond acceptors (Lipinski definition) is 6. The number of benzene rings is 1. The monoisotopic (exact) mass is 422 g/mol. The third kappa shape index (κ3) is 3.15. The molecule has 1 aromatic heterocycles. The number of nitrogens with zero attached hydrogens (tertiary/aromatic N) is 3. The summed E-state index contributed by atoms with van der Waals surface area (Å²) in [6.07, 6.45) is -3.60. The summed E-state index contributed by atoms with van der Waals surface area (Å²) in [5.74, 6) is -1.36. The van der Waals surface area contributed by atoms with Crippen molar-refractivity contribution in [3.63, 3.8) is 0 Å². The first-order valence-corrected chi connectivity index (χ1v) is 8.99. The zero-order chi connectivity index (χ0) is 21.7. The van der Waals surface area contributed by atoms with Gasteiger partial charge in [-0.2, -0.15) is 13.2 Å². The Balaban J connectivity index is 1.57. The van der Waals surface area contributed by atoms with E-state index in [1.54, 1.807) is 24.3 Å². The first kappa shape index (κ1) is 20.1. The number of para-hydroxylation sites is 2. The van der Waals surface area contributed by atoms with Gasteiger partial charge in [0.15, 0.2) is 0 Å². The Labute approximate surface area is 169 Å². The highest BCUT2D eigenvalue weighted by atomic mass is 19.4. The fourth-order valence-corrected chi connectivity index (χ4v) is 3.32. The van der Waals surface area contributed by atoms with Crippen molar-refractivity contribution in [2.75, 3.05) is 18.6 Å². The number of rotatable bonds is 2. The van der Waals surface area contributed by atoms with E-state index in [1.807, 2.05) is 0 Å². The predicted octanol–water partition coefficient (Wildman–Crippen LogP) is 1.94. The number of likely N-dealkylation sites (N-methyl/N-ethyl adjacent to an activating group) is 1. The minimum Gasteiger partial charge on any atom is -0.489 e. The standard InChI is InChI=1S/C19H17F3N4O4/c1-18(19(20,21)22)14-10(8-30-18)7-23-15(25-14)16(27)24-11-9-29-13-6-4-3-5-12(13)26(2)17(11)28/h3-7,11H,8-9H2,1-2H3,(H,24,27)/t11-,18?/m0/s1. The Morgan fingerprint density at radius 1 is 1.33 bits per heavy atom. The summed E-state index contributed by atoms with van der Waals surface area (Å²) >= 11 is 0. The molecule has 11 heteroatoms. The zero-order valence-electron chi connectivity index (χ0n) is 16.0. The minimum atomic E-state index is -4.72. The van der Waals surface area contributed by atoms with Crippen LogP contribution in [0.3, 0.4) is 0 Å². The van der Waals surface area contributed by atoms with Crippen LogP contribution in [0.5, 0.6) is 5.75 Å². The smallest absolute Gasteiger partial charge is 0.422 e. The van der Waals surface area contributed by atoms with Crippen molar-refractivity contribution in [1.29, 1.82) is 0 Å². The van der Waals surface area contributed by atoms with Gasteiger partial charge in [0.1, 0.15) is 18.4 Å². The topological polar surface area (TPSA) is 93.7 Å². The number of amides is 2. The lowest BCUT2D eigenvalue weighted by Crippen LogP contribution is -2.49. The van der Waals surface area contributed by atoms with Crippen molar-refractivity contribution in [1.82, 2.24) is 15.3 Å². The van der Waals surface area contributed by atoms with Crippen LogP contribution >= 0.6 is 0 Å². The molecular formula is C19H17F3N4O4. The van der Waals surface area contributed by atoms with E-state index in [2.05, 4.69) is 15.3 Å². The summed E-state index contributed by atoms with van der Waals surface area (Å²) in [4.78, 5) is 34.3. The molecule has 8 nitrogen and oxygen atoms in total. The number of hydrogen-bond donors (Lipinski definition) is 1. The van der Waals surface area contributed by atoms with E-state index in [0.717, 1.165) is 13.1 Å². The van der Waals surface area contributed by atoms with Crippen LogP contribution in [0.1, 0.15) is 28.8 Å². The van der Waals surface area contributed by atoms with Crippen molar-refractivity contribution in [2.24, 2.45) is 0 Å². The molecule has 2 aliphatic heterocycles. The molecule has 2 amide bonds. The van der Waals surface area contributed by atoms with Crippen molar-refractivity contribution >= 4 is 17.5 Å². The molecule has 0 aliphatic carbocycles. The van der Waals surface area contributed by atoms with E-state index in [-0.39, 0.29) is 18.8 Å². The van der Waals surface area contributed by atoms with Crippen molar-refractivity contribution in [3.05, 3.63) is 47.5 Å². The molecule has 0 spiro atoms. The molecule has 0 saturated carbocycles. The number of nitrogens with one attached hydrogen (secondary N) is 1. The number of anilines is 1. The molecule has 1 N–H and O–H groups in total. The Bertz CT molecular complexity index is 1030. The Hall–Kier alpha value is -3.21. The summed E-state index contributed by atoms with van der Waals surface area (Å²) in [6.45, 7) is 0.383. The van der Waals surface area contributed by atoms with Gasteiger partial charge in [0.05, 0.1) is 18.0 Å². The van der Waals surface area contributed by atoms with Gasteiger partial charge < -0.3 is 19.7 Å². The Kier molecular flexibility index (Phi) is 4.64. The van der Waals surface area contributed by atoms with Gasteiger partial charge >= 0.3 is 6.18 Å². The number of halogens is 3. The molecule has 2 aromatic rings. The second kappa shape index (κ2) is 6.94. The van der Waals surface area contributed by atoms with Crippen LogP contribution in [-0.4, -0.2) is 47.7 Å².